The van der Waals surface area contributed by atoms with E-state index in [1.807, 2.05) is 12.1 Å². The molecular formula is C20H32O2. The second-order valence-electron chi connectivity index (χ2n) is 7.43. The minimum Gasteiger partial charge on any atom is -0.481 e. The minimum absolute atomic E-state index is 0.0376. The van der Waals surface area contributed by atoms with Crippen LogP contribution in [0.4, 0.5) is 0 Å². The highest BCUT2D eigenvalue weighted by Crippen LogP contribution is 2.37. The summed E-state index contributed by atoms with van der Waals surface area (Å²) in [6.45, 7) is 10.7. The molecule has 1 atom stereocenters. The van der Waals surface area contributed by atoms with Crippen molar-refractivity contribution in [3.8, 4) is 0 Å². The van der Waals surface area contributed by atoms with Crippen LogP contribution in [0.1, 0.15) is 84.3 Å². The summed E-state index contributed by atoms with van der Waals surface area (Å²) in [4.78, 5) is 12.2. The highest BCUT2D eigenvalue weighted by molar-refractivity contribution is 5.81. The molecular weight excluding hydrogens is 272 g/mol. The van der Waals surface area contributed by atoms with E-state index < -0.39 is 11.4 Å². The first kappa shape index (κ1) is 18.7. The summed E-state index contributed by atoms with van der Waals surface area (Å²) in [5.74, 6) is -0.670. The average Bonchev–Trinajstić information content (AvgIpc) is 2.45. The monoisotopic (exact) mass is 304 g/mol. The van der Waals surface area contributed by atoms with Crippen molar-refractivity contribution in [1.29, 1.82) is 0 Å². The van der Waals surface area contributed by atoms with Crippen LogP contribution in [-0.4, -0.2) is 11.1 Å². The Bertz CT molecular complexity index is 485. The van der Waals surface area contributed by atoms with Gasteiger partial charge in [-0.15, -0.1) is 0 Å². The SMILES string of the molecule is CCCCCC(CCC)(C(=O)O)c1cccc(C(C)(C)C)c1. The van der Waals surface area contributed by atoms with Gasteiger partial charge in [0.2, 0.25) is 0 Å². The normalized spacial score (nSPS) is 14.6. The minimum atomic E-state index is -0.731. The first-order valence-electron chi connectivity index (χ1n) is 8.62. The summed E-state index contributed by atoms with van der Waals surface area (Å²) in [7, 11) is 0. The Morgan fingerprint density at radius 3 is 2.14 bits per heavy atom. The molecule has 0 radical (unpaired) electrons. The number of aliphatic carboxylic acids is 1. The van der Waals surface area contributed by atoms with Crippen molar-refractivity contribution in [3.63, 3.8) is 0 Å². The molecule has 0 saturated heterocycles. The Kier molecular flexibility index (Phi) is 6.65. The summed E-state index contributed by atoms with van der Waals surface area (Å²) in [6.07, 6.45) is 5.51. The Balaban J connectivity index is 3.27. The maximum Gasteiger partial charge on any atom is 0.314 e. The molecule has 22 heavy (non-hydrogen) atoms. The van der Waals surface area contributed by atoms with E-state index in [4.69, 9.17) is 0 Å². The number of hydrogen-bond donors (Lipinski definition) is 1. The van der Waals surface area contributed by atoms with Crippen molar-refractivity contribution < 1.29 is 9.90 Å². The molecule has 0 aromatic heterocycles. The second kappa shape index (κ2) is 7.80. The molecule has 1 aromatic rings. The lowest BCUT2D eigenvalue weighted by Gasteiger charge is -2.31. The van der Waals surface area contributed by atoms with Crippen LogP contribution < -0.4 is 0 Å². The Morgan fingerprint density at radius 2 is 1.64 bits per heavy atom. The fraction of sp³-hybridized carbons (Fsp3) is 0.650. The second-order valence-corrected chi connectivity index (χ2v) is 7.43. The maximum atomic E-state index is 12.2. The van der Waals surface area contributed by atoms with Crippen molar-refractivity contribution in [3.05, 3.63) is 35.4 Å². The molecule has 1 aromatic carbocycles. The molecule has 0 bridgehead atoms. The zero-order valence-electron chi connectivity index (χ0n) is 14.9. The van der Waals surface area contributed by atoms with Gasteiger partial charge in [0.1, 0.15) is 0 Å². The summed E-state index contributed by atoms with van der Waals surface area (Å²) in [6, 6.07) is 8.25. The lowest BCUT2D eigenvalue weighted by molar-refractivity contribution is -0.144. The summed E-state index contributed by atoms with van der Waals surface area (Å²) < 4.78 is 0. The van der Waals surface area contributed by atoms with Crippen molar-refractivity contribution in [2.45, 2.75) is 84.0 Å². The smallest absolute Gasteiger partial charge is 0.314 e. The van der Waals surface area contributed by atoms with E-state index in [0.29, 0.717) is 6.42 Å². The van der Waals surface area contributed by atoms with Crippen LogP contribution in [0.5, 0.6) is 0 Å². The average molecular weight is 304 g/mol. The van der Waals surface area contributed by atoms with E-state index >= 15 is 0 Å². The first-order valence-corrected chi connectivity index (χ1v) is 8.62. The number of carboxylic acids is 1. The predicted molar refractivity (Wildman–Crippen MR) is 93.5 cm³/mol. The van der Waals surface area contributed by atoms with E-state index in [1.54, 1.807) is 0 Å². The number of benzene rings is 1. The van der Waals surface area contributed by atoms with Gasteiger partial charge in [0.05, 0.1) is 5.41 Å². The van der Waals surface area contributed by atoms with Gasteiger partial charge in [-0.2, -0.15) is 0 Å². The van der Waals surface area contributed by atoms with Gasteiger partial charge in [-0.05, 0) is 29.4 Å². The molecule has 0 fully saturated rings. The quantitative estimate of drug-likeness (QED) is 0.627. The lowest BCUT2D eigenvalue weighted by Crippen LogP contribution is -2.36. The molecule has 0 aliphatic rings. The molecule has 124 valence electrons. The fourth-order valence-corrected chi connectivity index (χ4v) is 3.14. The molecule has 2 nitrogen and oxygen atoms in total. The van der Waals surface area contributed by atoms with Crippen LogP contribution in [0.15, 0.2) is 24.3 Å². The molecule has 1 unspecified atom stereocenters. The van der Waals surface area contributed by atoms with E-state index in [1.165, 1.54) is 5.56 Å². The Labute approximate surface area is 135 Å². The van der Waals surface area contributed by atoms with Gasteiger partial charge in [0.25, 0.3) is 0 Å². The predicted octanol–water partition coefficient (Wildman–Crippen LogP) is 5.69. The van der Waals surface area contributed by atoms with Gasteiger partial charge >= 0.3 is 5.97 Å². The van der Waals surface area contributed by atoms with Crippen LogP contribution in [-0.2, 0) is 15.6 Å². The van der Waals surface area contributed by atoms with E-state index in [-0.39, 0.29) is 5.41 Å². The van der Waals surface area contributed by atoms with Gasteiger partial charge in [0, 0.05) is 0 Å². The first-order chi connectivity index (χ1) is 10.3. The van der Waals surface area contributed by atoms with E-state index in [2.05, 4.69) is 46.8 Å². The highest BCUT2D eigenvalue weighted by atomic mass is 16.4. The van der Waals surface area contributed by atoms with E-state index in [0.717, 1.165) is 37.7 Å². The molecule has 0 aliphatic heterocycles. The maximum absolute atomic E-state index is 12.2. The van der Waals surface area contributed by atoms with Gasteiger partial charge in [0.15, 0.2) is 0 Å². The van der Waals surface area contributed by atoms with Crippen LogP contribution in [0.2, 0.25) is 0 Å². The summed E-state index contributed by atoms with van der Waals surface area (Å²) in [5.41, 5.74) is 1.49. The van der Waals surface area contributed by atoms with Crippen molar-refractivity contribution in [2.24, 2.45) is 0 Å². The van der Waals surface area contributed by atoms with Gasteiger partial charge in [-0.25, -0.2) is 0 Å². The van der Waals surface area contributed by atoms with Crippen LogP contribution in [0.25, 0.3) is 0 Å². The zero-order valence-corrected chi connectivity index (χ0v) is 14.9. The standard InChI is InChI=1S/C20H32O2/c1-6-8-9-14-20(13-7-2,18(21)22)17-12-10-11-16(15-17)19(3,4)5/h10-12,15H,6-9,13-14H2,1-5H3,(H,21,22). The Hall–Kier alpha value is -1.31. The van der Waals surface area contributed by atoms with Crippen LogP contribution in [0.3, 0.4) is 0 Å². The Morgan fingerprint density at radius 1 is 1.00 bits per heavy atom. The number of carboxylic acid groups (broad SMARTS) is 1. The molecule has 0 spiro atoms. The van der Waals surface area contributed by atoms with Gasteiger partial charge in [-0.1, -0.05) is 84.6 Å². The van der Waals surface area contributed by atoms with E-state index in [9.17, 15) is 9.90 Å². The number of rotatable bonds is 8. The third-order valence-electron chi connectivity index (χ3n) is 4.57. The molecule has 1 rings (SSSR count). The van der Waals surface area contributed by atoms with Crippen molar-refractivity contribution in [2.75, 3.05) is 0 Å². The fourth-order valence-electron chi connectivity index (χ4n) is 3.14. The molecule has 0 saturated carbocycles. The van der Waals surface area contributed by atoms with Crippen LogP contribution >= 0.6 is 0 Å². The van der Waals surface area contributed by atoms with Gasteiger partial charge in [-0.3, -0.25) is 4.79 Å². The molecule has 2 heteroatoms. The van der Waals surface area contributed by atoms with Crippen LogP contribution in [0, 0.1) is 0 Å². The zero-order chi connectivity index (χ0) is 16.8. The third kappa shape index (κ3) is 4.34. The highest BCUT2D eigenvalue weighted by Gasteiger charge is 2.39. The molecule has 0 aliphatic carbocycles. The third-order valence-corrected chi connectivity index (χ3v) is 4.57. The molecule has 0 heterocycles. The molecule has 1 N–H and O–H groups in total. The van der Waals surface area contributed by atoms with Crippen molar-refractivity contribution in [1.82, 2.24) is 0 Å². The lowest BCUT2D eigenvalue weighted by atomic mass is 9.71. The number of carbonyl (C=O) groups is 1. The molecule has 0 amide bonds. The number of hydrogen-bond acceptors (Lipinski definition) is 1. The van der Waals surface area contributed by atoms with Crippen molar-refractivity contribution >= 4 is 5.97 Å². The van der Waals surface area contributed by atoms with Gasteiger partial charge < -0.3 is 5.11 Å². The largest absolute Gasteiger partial charge is 0.481 e. The topological polar surface area (TPSA) is 37.3 Å². The summed E-state index contributed by atoms with van der Waals surface area (Å²) in [5, 5.41) is 10.0. The summed E-state index contributed by atoms with van der Waals surface area (Å²) >= 11 is 0. The number of unbranched alkanes of at least 4 members (excludes halogenated alkanes) is 2.